The average Bonchev–Trinajstić information content (AvgIpc) is 2.16. The lowest BCUT2D eigenvalue weighted by molar-refractivity contribution is 0.0183. The molecule has 0 amide bonds. The maximum Gasteiger partial charge on any atom is 0.0646 e. The van der Waals surface area contributed by atoms with E-state index in [1.54, 1.807) is 7.11 Å². The third-order valence-corrected chi connectivity index (χ3v) is 3.07. The first-order chi connectivity index (χ1) is 6.16. The molecule has 80 valence electrons. The van der Waals surface area contributed by atoms with Gasteiger partial charge in [0.05, 0.1) is 6.61 Å². The number of methoxy groups -OCH3 is 1. The Morgan fingerprint density at radius 1 is 1.23 bits per heavy atom. The molecule has 0 fully saturated rings. The van der Waals surface area contributed by atoms with Crippen molar-refractivity contribution in [3.05, 3.63) is 0 Å². The van der Waals surface area contributed by atoms with Crippen molar-refractivity contribution >= 4 is 0 Å². The standard InChI is InChI=1S/C11H25NO/c1-6-9-11(7-2,10-13-5)12(4)8-3/h6-10H2,1-5H3. The summed E-state index contributed by atoms with van der Waals surface area (Å²) in [6.45, 7) is 8.64. The van der Waals surface area contributed by atoms with Gasteiger partial charge in [0.25, 0.3) is 0 Å². The minimum atomic E-state index is 0.262. The molecule has 2 nitrogen and oxygen atoms in total. The summed E-state index contributed by atoms with van der Waals surface area (Å²) in [5.41, 5.74) is 0.262. The number of likely N-dealkylation sites (N-methyl/N-ethyl adjacent to an activating group) is 1. The summed E-state index contributed by atoms with van der Waals surface area (Å²) in [4.78, 5) is 2.42. The van der Waals surface area contributed by atoms with Gasteiger partial charge in [0, 0.05) is 12.6 Å². The SMILES string of the molecule is CCCC(CC)(COC)N(C)CC. The summed E-state index contributed by atoms with van der Waals surface area (Å²) in [6, 6.07) is 0. The van der Waals surface area contributed by atoms with Gasteiger partial charge in [-0.1, -0.05) is 27.2 Å². The van der Waals surface area contributed by atoms with E-state index < -0.39 is 0 Å². The highest BCUT2D eigenvalue weighted by atomic mass is 16.5. The van der Waals surface area contributed by atoms with Gasteiger partial charge in [0.15, 0.2) is 0 Å². The molecule has 0 aliphatic rings. The van der Waals surface area contributed by atoms with Crippen LogP contribution in [0.25, 0.3) is 0 Å². The zero-order chi connectivity index (χ0) is 10.3. The van der Waals surface area contributed by atoms with Crippen LogP contribution in [0.1, 0.15) is 40.0 Å². The van der Waals surface area contributed by atoms with Crippen LogP contribution in [0.15, 0.2) is 0 Å². The van der Waals surface area contributed by atoms with Crippen molar-refractivity contribution in [2.75, 3.05) is 27.3 Å². The minimum Gasteiger partial charge on any atom is -0.383 e. The van der Waals surface area contributed by atoms with Crippen LogP contribution in [0.5, 0.6) is 0 Å². The molecule has 0 aromatic carbocycles. The van der Waals surface area contributed by atoms with Gasteiger partial charge in [-0.25, -0.2) is 0 Å². The number of rotatable bonds is 7. The van der Waals surface area contributed by atoms with E-state index in [-0.39, 0.29) is 5.54 Å². The molecule has 0 bridgehead atoms. The van der Waals surface area contributed by atoms with Gasteiger partial charge in [0.1, 0.15) is 0 Å². The normalized spacial score (nSPS) is 16.2. The van der Waals surface area contributed by atoms with E-state index in [4.69, 9.17) is 4.74 Å². The monoisotopic (exact) mass is 187 g/mol. The molecule has 0 saturated carbocycles. The van der Waals surface area contributed by atoms with Crippen LogP contribution in [0.4, 0.5) is 0 Å². The van der Waals surface area contributed by atoms with Gasteiger partial charge in [-0.3, -0.25) is 4.90 Å². The van der Waals surface area contributed by atoms with Crippen LogP contribution in [-0.2, 0) is 4.74 Å². The Morgan fingerprint density at radius 3 is 2.15 bits per heavy atom. The van der Waals surface area contributed by atoms with Gasteiger partial charge < -0.3 is 4.74 Å². The second-order valence-electron chi connectivity index (χ2n) is 3.78. The largest absolute Gasteiger partial charge is 0.383 e. The average molecular weight is 187 g/mol. The third-order valence-electron chi connectivity index (χ3n) is 3.07. The van der Waals surface area contributed by atoms with Crippen LogP contribution in [0, 0.1) is 0 Å². The molecule has 0 saturated heterocycles. The molecular weight excluding hydrogens is 162 g/mol. The fourth-order valence-corrected chi connectivity index (χ4v) is 1.99. The highest BCUT2D eigenvalue weighted by Gasteiger charge is 2.30. The summed E-state index contributed by atoms with van der Waals surface area (Å²) < 4.78 is 5.33. The Bertz CT molecular complexity index is 119. The van der Waals surface area contributed by atoms with Crippen molar-refractivity contribution < 1.29 is 4.74 Å². The molecule has 0 radical (unpaired) electrons. The van der Waals surface area contributed by atoms with Crippen LogP contribution in [-0.4, -0.2) is 37.7 Å². The maximum absolute atomic E-state index is 5.33. The van der Waals surface area contributed by atoms with Crippen molar-refractivity contribution in [2.24, 2.45) is 0 Å². The van der Waals surface area contributed by atoms with Crippen LogP contribution in [0.2, 0.25) is 0 Å². The Morgan fingerprint density at radius 2 is 1.85 bits per heavy atom. The van der Waals surface area contributed by atoms with Gasteiger partial charge in [-0.2, -0.15) is 0 Å². The molecular formula is C11H25NO. The van der Waals surface area contributed by atoms with Gasteiger partial charge in [-0.15, -0.1) is 0 Å². The van der Waals surface area contributed by atoms with E-state index in [0.29, 0.717) is 0 Å². The van der Waals surface area contributed by atoms with E-state index in [2.05, 4.69) is 32.7 Å². The van der Waals surface area contributed by atoms with Crippen molar-refractivity contribution in [3.63, 3.8) is 0 Å². The first-order valence-electron chi connectivity index (χ1n) is 5.37. The predicted molar refractivity (Wildman–Crippen MR) is 58.1 cm³/mol. The van der Waals surface area contributed by atoms with Crippen LogP contribution in [0.3, 0.4) is 0 Å². The van der Waals surface area contributed by atoms with Gasteiger partial charge >= 0.3 is 0 Å². The Kier molecular flexibility index (Phi) is 6.35. The lowest BCUT2D eigenvalue weighted by Gasteiger charge is -2.40. The molecule has 0 aliphatic heterocycles. The molecule has 2 heteroatoms. The molecule has 0 aromatic rings. The first-order valence-corrected chi connectivity index (χ1v) is 5.37. The lowest BCUT2D eigenvalue weighted by Crippen LogP contribution is -2.49. The predicted octanol–water partition coefficient (Wildman–Crippen LogP) is 2.53. The molecule has 0 heterocycles. The lowest BCUT2D eigenvalue weighted by atomic mass is 9.90. The van der Waals surface area contributed by atoms with Crippen molar-refractivity contribution in [1.29, 1.82) is 0 Å². The molecule has 0 N–H and O–H groups in total. The van der Waals surface area contributed by atoms with Crippen molar-refractivity contribution in [2.45, 2.75) is 45.6 Å². The summed E-state index contributed by atoms with van der Waals surface area (Å²) in [7, 11) is 3.99. The van der Waals surface area contributed by atoms with Gasteiger partial charge in [-0.05, 0) is 26.4 Å². The van der Waals surface area contributed by atoms with E-state index in [9.17, 15) is 0 Å². The number of hydrogen-bond acceptors (Lipinski definition) is 2. The first kappa shape index (κ1) is 12.9. The smallest absolute Gasteiger partial charge is 0.0646 e. The van der Waals surface area contributed by atoms with E-state index >= 15 is 0 Å². The van der Waals surface area contributed by atoms with Crippen molar-refractivity contribution in [3.8, 4) is 0 Å². The van der Waals surface area contributed by atoms with Gasteiger partial charge in [0.2, 0.25) is 0 Å². The second-order valence-corrected chi connectivity index (χ2v) is 3.78. The fraction of sp³-hybridized carbons (Fsp3) is 1.00. The topological polar surface area (TPSA) is 12.5 Å². The minimum absolute atomic E-state index is 0.262. The van der Waals surface area contributed by atoms with Crippen LogP contribution < -0.4 is 0 Å². The van der Waals surface area contributed by atoms with Crippen molar-refractivity contribution in [1.82, 2.24) is 4.90 Å². The number of ether oxygens (including phenoxy) is 1. The van der Waals surface area contributed by atoms with Crippen LogP contribution >= 0.6 is 0 Å². The zero-order valence-corrected chi connectivity index (χ0v) is 9.89. The second kappa shape index (κ2) is 6.39. The highest BCUT2D eigenvalue weighted by molar-refractivity contribution is 4.86. The number of nitrogens with zero attached hydrogens (tertiary/aromatic N) is 1. The quantitative estimate of drug-likeness (QED) is 0.607. The van der Waals surface area contributed by atoms with E-state index in [1.807, 2.05) is 0 Å². The molecule has 0 aliphatic carbocycles. The summed E-state index contributed by atoms with van der Waals surface area (Å²) >= 11 is 0. The molecule has 1 atom stereocenters. The zero-order valence-electron chi connectivity index (χ0n) is 9.89. The molecule has 1 unspecified atom stereocenters. The third kappa shape index (κ3) is 3.28. The highest BCUT2D eigenvalue weighted by Crippen LogP contribution is 2.24. The fourth-order valence-electron chi connectivity index (χ4n) is 1.99. The Labute approximate surface area is 83.3 Å². The molecule has 13 heavy (non-hydrogen) atoms. The van der Waals surface area contributed by atoms with E-state index in [0.717, 1.165) is 13.2 Å². The Balaban J connectivity index is 4.42. The maximum atomic E-state index is 5.33. The molecule has 0 aromatic heterocycles. The Hall–Kier alpha value is -0.0800. The summed E-state index contributed by atoms with van der Waals surface area (Å²) in [6.07, 6.45) is 3.61. The molecule has 0 spiro atoms. The summed E-state index contributed by atoms with van der Waals surface area (Å²) in [5.74, 6) is 0. The van der Waals surface area contributed by atoms with E-state index in [1.165, 1.54) is 19.3 Å². The molecule has 0 rings (SSSR count). The summed E-state index contributed by atoms with van der Waals surface area (Å²) in [5, 5.41) is 0. The number of hydrogen-bond donors (Lipinski definition) is 0.